The number of anilines is 2. The van der Waals surface area contributed by atoms with Crippen molar-refractivity contribution in [2.45, 2.75) is 50.9 Å². The Bertz CT molecular complexity index is 1500. The zero-order chi connectivity index (χ0) is 31.5. The van der Waals surface area contributed by atoms with Gasteiger partial charge in [0.25, 0.3) is 5.91 Å². The Morgan fingerprint density at radius 3 is 2.48 bits per heavy atom. The molecule has 0 unspecified atom stereocenters. The van der Waals surface area contributed by atoms with Crippen molar-refractivity contribution in [2.75, 3.05) is 55.9 Å². The van der Waals surface area contributed by atoms with E-state index in [2.05, 4.69) is 33.1 Å². The fourth-order valence-electron chi connectivity index (χ4n) is 5.33. The summed E-state index contributed by atoms with van der Waals surface area (Å²) in [5.74, 6) is 7.78. The fraction of sp³-hybridized carbons (Fsp3) is 0.469. The third-order valence-electron chi connectivity index (χ3n) is 7.54. The standard InChI is InChI=1S/C28H31F3N4O2.C4H9NOS/c1-32-27(36)19-13-14-24(26(16-19)37-2)33-15-7-10-21-17-22-23(34-20-8-4-3-5-9-20)11-6-12-25(22)35(21)18-28(29,30)31;6-7-3-1-5-2-4-7/h6,11-14,16-17,20,33-34H,3-5,8-9,15,18H2,1-2H3,(H,32,36);5H,1-4H2. The number of amides is 1. The van der Waals surface area contributed by atoms with Crippen molar-refractivity contribution in [1.82, 2.24) is 15.2 Å². The topological polar surface area (TPSA) is 96.4 Å². The van der Waals surface area contributed by atoms with E-state index in [1.54, 1.807) is 43.4 Å². The van der Waals surface area contributed by atoms with Crippen LogP contribution in [0.15, 0.2) is 42.5 Å². The summed E-state index contributed by atoms with van der Waals surface area (Å²) < 4.78 is 57.5. The molecule has 1 aliphatic heterocycles. The third-order valence-corrected chi connectivity index (χ3v) is 8.85. The predicted molar refractivity (Wildman–Crippen MR) is 171 cm³/mol. The van der Waals surface area contributed by atoms with Gasteiger partial charge in [0.05, 0.1) is 30.6 Å². The molecule has 1 aliphatic carbocycles. The average Bonchev–Trinajstić information content (AvgIpc) is 3.36. The van der Waals surface area contributed by atoms with Gasteiger partial charge in [-0.1, -0.05) is 31.2 Å². The fourth-order valence-corrected chi connectivity index (χ4v) is 6.27. The average molecular weight is 632 g/mol. The molecule has 8 nitrogen and oxygen atoms in total. The lowest BCUT2D eigenvalue weighted by Crippen LogP contribution is -2.32. The Hall–Kier alpha value is -3.69. The molecule has 2 aliphatic rings. The Labute approximate surface area is 258 Å². The Morgan fingerprint density at radius 2 is 1.84 bits per heavy atom. The van der Waals surface area contributed by atoms with Crippen LogP contribution in [0.25, 0.3) is 10.9 Å². The third kappa shape index (κ3) is 9.40. The van der Waals surface area contributed by atoms with E-state index in [4.69, 9.17) is 4.74 Å². The van der Waals surface area contributed by atoms with Crippen LogP contribution in [0.1, 0.15) is 48.2 Å². The maximum atomic E-state index is 13.5. The van der Waals surface area contributed by atoms with Gasteiger partial charge in [0, 0.05) is 65.1 Å². The minimum absolute atomic E-state index is 0.177. The second-order valence-corrected chi connectivity index (χ2v) is 12.4. The van der Waals surface area contributed by atoms with Gasteiger partial charge in [-0.05, 0) is 55.2 Å². The molecule has 5 rings (SSSR count). The number of hydrogen-bond donors (Lipinski definition) is 4. The number of ether oxygens (including phenoxy) is 1. The summed E-state index contributed by atoms with van der Waals surface area (Å²) in [7, 11) is 2.54. The smallest absolute Gasteiger partial charge is 0.406 e. The summed E-state index contributed by atoms with van der Waals surface area (Å²) in [6.07, 6.45) is 1.28. The number of carbonyl (C=O) groups excluding carboxylic acids is 1. The van der Waals surface area contributed by atoms with Crippen molar-refractivity contribution in [1.29, 1.82) is 0 Å². The van der Waals surface area contributed by atoms with E-state index in [9.17, 15) is 22.2 Å². The number of aromatic nitrogens is 1. The number of carbonyl (C=O) groups is 1. The van der Waals surface area contributed by atoms with Crippen LogP contribution in [0.3, 0.4) is 0 Å². The van der Waals surface area contributed by atoms with E-state index in [0.717, 1.165) is 61.4 Å². The number of methoxy groups -OCH3 is 1. The predicted octanol–water partition coefficient (Wildman–Crippen LogP) is 5.12. The highest BCUT2D eigenvalue weighted by Gasteiger charge is 2.30. The van der Waals surface area contributed by atoms with Gasteiger partial charge in [-0.15, -0.1) is 0 Å². The Kier molecular flexibility index (Phi) is 12.0. The van der Waals surface area contributed by atoms with Gasteiger partial charge in [0.2, 0.25) is 0 Å². The molecule has 1 aromatic heterocycles. The van der Waals surface area contributed by atoms with Gasteiger partial charge in [0.15, 0.2) is 0 Å². The Balaban J connectivity index is 0.000000555. The van der Waals surface area contributed by atoms with Gasteiger partial charge in [-0.2, -0.15) is 13.2 Å². The highest BCUT2D eigenvalue weighted by Crippen LogP contribution is 2.32. The van der Waals surface area contributed by atoms with Crippen molar-refractivity contribution < 1.29 is 26.9 Å². The molecule has 238 valence electrons. The van der Waals surface area contributed by atoms with Crippen molar-refractivity contribution in [2.24, 2.45) is 0 Å². The molecule has 0 atom stereocenters. The quantitative estimate of drug-likeness (QED) is 0.271. The minimum atomic E-state index is -4.38. The lowest BCUT2D eigenvalue weighted by Gasteiger charge is -2.24. The number of nitrogens with zero attached hydrogens (tertiary/aromatic N) is 1. The molecule has 2 aromatic carbocycles. The molecule has 4 N–H and O–H groups in total. The van der Waals surface area contributed by atoms with Crippen LogP contribution in [0, 0.1) is 11.8 Å². The van der Waals surface area contributed by atoms with Gasteiger partial charge in [0.1, 0.15) is 12.3 Å². The molecular formula is C32H40F3N5O3S. The van der Waals surface area contributed by atoms with E-state index < -0.39 is 23.5 Å². The summed E-state index contributed by atoms with van der Waals surface area (Å²) in [6, 6.07) is 12.4. The lowest BCUT2D eigenvalue weighted by atomic mass is 9.95. The van der Waals surface area contributed by atoms with Gasteiger partial charge in [-0.3, -0.25) is 9.00 Å². The number of benzene rings is 2. The van der Waals surface area contributed by atoms with E-state index in [0.29, 0.717) is 34.3 Å². The van der Waals surface area contributed by atoms with Crippen LogP contribution in [0.2, 0.25) is 0 Å². The van der Waals surface area contributed by atoms with Crippen molar-refractivity contribution in [3.63, 3.8) is 0 Å². The molecule has 1 amide bonds. The van der Waals surface area contributed by atoms with Crippen LogP contribution in [-0.4, -0.2) is 72.2 Å². The SMILES string of the molecule is CNC(=O)c1ccc(NCC#Cc2cc3c(NC4CCCCC4)cccc3n2CC(F)(F)F)c(OC)c1.O=S1CCNCC1. The maximum Gasteiger partial charge on any atom is 0.406 e. The minimum Gasteiger partial charge on any atom is -0.495 e. The van der Waals surface area contributed by atoms with Gasteiger partial charge < -0.3 is 30.6 Å². The highest BCUT2D eigenvalue weighted by molar-refractivity contribution is 7.85. The molecule has 1 saturated heterocycles. The van der Waals surface area contributed by atoms with Crippen molar-refractivity contribution in [3.8, 4) is 17.6 Å². The maximum absolute atomic E-state index is 13.5. The second kappa shape index (κ2) is 15.9. The monoisotopic (exact) mass is 631 g/mol. The lowest BCUT2D eigenvalue weighted by molar-refractivity contribution is -0.140. The van der Waals surface area contributed by atoms with Crippen LogP contribution in [-0.2, 0) is 17.3 Å². The number of alkyl halides is 3. The van der Waals surface area contributed by atoms with Crippen LogP contribution in [0.4, 0.5) is 24.5 Å². The van der Waals surface area contributed by atoms with Crippen LogP contribution >= 0.6 is 0 Å². The number of hydrogen-bond acceptors (Lipinski definition) is 6. The number of rotatable bonds is 7. The zero-order valence-corrected chi connectivity index (χ0v) is 25.9. The Morgan fingerprint density at radius 1 is 1.09 bits per heavy atom. The molecule has 12 heteroatoms. The summed E-state index contributed by atoms with van der Waals surface area (Å²) in [6.45, 7) is 0.936. The first-order chi connectivity index (χ1) is 21.2. The normalized spacial score (nSPS) is 15.8. The van der Waals surface area contributed by atoms with E-state index in [1.807, 2.05) is 6.07 Å². The van der Waals surface area contributed by atoms with Crippen LogP contribution in [0.5, 0.6) is 5.75 Å². The van der Waals surface area contributed by atoms with Gasteiger partial charge in [-0.25, -0.2) is 0 Å². The summed E-state index contributed by atoms with van der Waals surface area (Å²) in [5, 5.41) is 13.1. The molecule has 2 fully saturated rings. The largest absolute Gasteiger partial charge is 0.495 e. The van der Waals surface area contributed by atoms with Crippen molar-refractivity contribution >= 4 is 39.0 Å². The number of halogens is 3. The first kappa shape index (κ1) is 33.2. The zero-order valence-electron chi connectivity index (χ0n) is 25.1. The molecule has 3 aromatic rings. The van der Waals surface area contributed by atoms with Crippen LogP contribution < -0.4 is 26.0 Å². The van der Waals surface area contributed by atoms with E-state index in [-0.39, 0.29) is 12.5 Å². The molecule has 0 radical (unpaired) electrons. The summed E-state index contributed by atoms with van der Waals surface area (Å²) in [4.78, 5) is 11.9. The molecule has 0 spiro atoms. The number of fused-ring (bicyclic) bond motifs is 1. The summed E-state index contributed by atoms with van der Waals surface area (Å²) in [5.41, 5.74) is 2.72. The van der Waals surface area contributed by atoms with E-state index in [1.165, 1.54) is 18.1 Å². The molecular weight excluding hydrogens is 591 g/mol. The number of nitrogens with one attached hydrogen (secondary N) is 4. The molecule has 2 heterocycles. The van der Waals surface area contributed by atoms with E-state index >= 15 is 0 Å². The van der Waals surface area contributed by atoms with Gasteiger partial charge >= 0.3 is 6.18 Å². The molecule has 44 heavy (non-hydrogen) atoms. The summed E-state index contributed by atoms with van der Waals surface area (Å²) >= 11 is 0. The first-order valence-electron chi connectivity index (χ1n) is 14.8. The highest BCUT2D eigenvalue weighted by atomic mass is 32.2. The first-order valence-corrected chi connectivity index (χ1v) is 16.3. The molecule has 1 saturated carbocycles. The second-order valence-electron chi connectivity index (χ2n) is 10.7. The molecule has 0 bridgehead atoms. The van der Waals surface area contributed by atoms with Crippen molar-refractivity contribution in [3.05, 3.63) is 53.7 Å².